The topological polar surface area (TPSA) is 54.5 Å². The predicted octanol–water partition coefficient (Wildman–Crippen LogP) is 2.62. The lowest BCUT2D eigenvalue weighted by Crippen LogP contribution is -2.28. The fourth-order valence-corrected chi connectivity index (χ4v) is 4.20. The van der Waals surface area contributed by atoms with Crippen molar-refractivity contribution in [2.24, 2.45) is 5.92 Å². The Bertz CT molecular complexity index is 614. The summed E-state index contributed by atoms with van der Waals surface area (Å²) < 4.78 is 26.7. The predicted molar refractivity (Wildman–Crippen MR) is 78.3 cm³/mol. The highest BCUT2D eigenvalue weighted by Crippen LogP contribution is 2.25. The van der Waals surface area contributed by atoms with Crippen LogP contribution in [0.2, 0.25) is 0 Å². The molecule has 1 heterocycles. The fourth-order valence-electron chi connectivity index (χ4n) is 2.43. The zero-order valence-electron chi connectivity index (χ0n) is 12.2. The molecule has 0 spiro atoms. The minimum Gasteiger partial charge on any atom is -0.294 e. The van der Waals surface area contributed by atoms with Crippen LogP contribution in [0.3, 0.4) is 0 Å². The maximum Gasteiger partial charge on any atom is 0.243 e. The Morgan fingerprint density at radius 3 is 2.35 bits per heavy atom. The summed E-state index contributed by atoms with van der Waals surface area (Å²) in [4.78, 5) is 12.3. The average Bonchev–Trinajstić information content (AvgIpc) is 2.92. The van der Waals surface area contributed by atoms with Crippen LogP contribution in [0.5, 0.6) is 0 Å². The molecule has 0 N–H and O–H groups in total. The third kappa shape index (κ3) is 2.79. The maximum absolute atomic E-state index is 12.6. The van der Waals surface area contributed by atoms with Crippen LogP contribution in [-0.4, -0.2) is 31.6 Å². The Balaban J connectivity index is 2.45. The van der Waals surface area contributed by atoms with Gasteiger partial charge in [0.25, 0.3) is 0 Å². The van der Waals surface area contributed by atoms with E-state index in [1.54, 1.807) is 19.1 Å². The summed E-state index contributed by atoms with van der Waals surface area (Å²) >= 11 is 0. The van der Waals surface area contributed by atoms with Gasteiger partial charge in [-0.2, -0.15) is 4.31 Å². The molecule has 1 aromatic rings. The van der Waals surface area contributed by atoms with Crippen molar-refractivity contribution in [3.63, 3.8) is 0 Å². The van der Waals surface area contributed by atoms with E-state index in [0.29, 0.717) is 24.2 Å². The Hall–Kier alpha value is -1.20. The Labute approximate surface area is 120 Å². The number of sulfonamides is 1. The van der Waals surface area contributed by atoms with E-state index in [1.807, 2.05) is 13.8 Å². The number of benzene rings is 1. The van der Waals surface area contributed by atoms with Gasteiger partial charge in [0.05, 0.1) is 4.90 Å². The number of hydrogen-bond donors (Lipinski definition) is 0. The molecular formula is C15H21NO3S. The minimum atomic E-state index is -3.47. The molecule has 4 nitrogen and oxygen atoms in total. The van der Waals surface area contributed by atoms with Crippen LogP contribution in [-0.2, 0) is 10.0 Å². The van der Waals surface area contributed by atoms with Crippen molar-refractivity contribution in [2.45, 2.75) is 38.5 Å². The fraction of sp³-hybridized carbons (Fsp3) is 0.533. The third-order valence-corrected chi connectivity index (χ3v) is 5.72. The zero-order valence-corrected chi connectivity index (χ0v) is 13.0. The van der Waals surface area contributed by atoms with Gasteiger partial charge in [-0.05, 0) is 31.4 Å². The van der Waals surface area contributed by atoms with Crippen LogP contribution in [0.1, 0.15) is 42.6 Å². The van der Waals surface area contributed by atoms with Gasteiger partial charge in [-0.15, -0.1) is 0 Å². The maximum atomic E-state index is 12.6. The van der Waals surface area contributed by atoms with Crippen LogP contribution in [0.25, 0.3) is 0 Å². The first-order valence-corrected chi connectivity index (χ1v) is 8.43. The highest BCUT2D eigenvalue weighted by atomic mass is 32.2. The number of rotatable bonds is 4. The van der Waals surface area contributed by atoms with Gasteiger partial charge in [0, 0.05) is 24.6 Å². The summed E-state index contributed by atoms with van der Waals surface area (Å²) in [6.45, 7) is 6.55. The second-order valence-corrected chi connectivity index (χ2v) is 7.52. The number of ketones is 1. The van der Waals surface area contributed by atoms with Gasteiger partial charge in [-0.3, -0.25) is 4.79 Å². The summed E-state index contributed by atoms with van der Waals surface area (Å²) in [7, 11) is -3.47. The van der Waals surface area contributed by atoms with Crippen LogP contribution in [0.15, 0.2) is 23.1 Å². The molecule has 0 amide bonds. The molecule has 0 radical (unpaired) electrons. The molecule has 0 aromatic heterocycles. The summed E-state index contributed by atoms with van der Waals surface area (Å²) in [5, 5.41) is 0. The van der Waals surface area contributed by atoms with Crippen LogP contribution < -0.4 is 0 Å². The van der Waals surface area contributed by atoms with Crippen molar-refractivity contribution in [1.82, 2.24) is 4.31 Å². The molecule has 2 rings (SSSR count). The zero-order chi connectivity index (χ0) is 14.9. The number of carbonyl (C=O) groups excluding carboxylic acids is 1. The van der Waals surface area contributed by atoms with Gasteiger partial charge in [0.2, 0.25) is 10.0 Å². The summed E-state index contributed by atoms with van der Waals surface area (Å²) in [6, 6.07) is 4.96. The molecule has 0 bridgehead atoms. The number of carbonyl (C=O) groups is 1. The standard InChI is InChI=1S/C15H21NO3S/c1-11(2)15(17)13-7-6-12(3)14(10-13)20(18,19)16-8-4-5-9-16/h6-7,10-11H,4-5,8-9H2,1-3H3. The number of Topliss-reactive ketones (excluding diaryl/α,β-unsaturated/α-hetero) is 1. The second-order valence-electron chi connectivity index (χ2n) is 5.61. The second kappa shape index (κ2) is 5.66. The monoisotopic (exact) mass is 295 g/mol. The van der Waals surface area contributed by atoms with Crippen molar-refractivity contribution in [3.05, 3.63) is 29.3 Å². The van der Waals surface area contributed by atoms with Crippen LogP contribution in [0, 0.1) is 12.8 Å². The van der Waals surface area contributed by atoms with Crippen LogP contribution in [0.4, 0.5) is 0 Å². The summed E-state index contributed by atoms with van der Waals surface area (Å²) in [5.41, 5.74) is 1.17. The molecule has 0 atom stereocenters. The van der Waals surface area contributed by atoms with E-state index in [4.69, 9.17) is 0 Å². The van der Waals surface area contributed by atoms with Crippen molar-refractivity contribution in [1.29, 1.82) is 0 Å². The van der Waals surface area contributed by atoms with Crippen molar-refractivity contribution in [2.75, 3.05) is 13.1 Å². The molecule has 1 aliphatic rings. The van der Waals surface area contributed by atoms with E-state index in [0.717, 1.165) is 12.8 Å². The summed E-state index contributed by atoms with van der Waals surface area (Å²) in [6.07, 6.45) is 1.81. The van der Waals surface area contributed by atoms with E-state index in [2.05, 4.69) is 0 Å². The smallest absolute Gasteiger partial charge is 0.243 e. The molecule has 0 unspecified atom stereocenters. The van der Waals surface area contributed by atoms with Gasteiger partial charge in [-0.25, -0.2) is 8.42 Å². The lowest BCUT2D eigenvalue weighted by Gasteiger charge is -2.18. The molecule has 1 aliphatic heterocycles. The first-order chi connectivity index (χ1) is 9.34. The molecular weight excluding hydrogens is 274 g/mol. The van der Waals surface area contributed by atoms with E-state index in [-0.39, 0.29) is 16.6 Å². The Morgan fingerprint density at radius 2 is 1.80 bits per heavy atom. The van der Waals surface area contributed by atoms with Crippen molar-refractivity contribution < 1.29 is 13.2 Å². The average molecular weight is 295 g/mol. The van der Waals surface area contributed by atoms with Crippen LogP contribution >= 0.6 is 0 Å². The normalized spacial score (nSPS) is 16.8. The number of aryl methyl sites for hydroxylation is 1. The van der Waals surface area contributed by atoms with E-state index < -0.39 is 10.0 Å². The first-order valence-electron chi connectivity index (χ1n) is 6.99. The lowest BCUT2D eigenvalue weighted by molar-refractivity contribution is 0.0939. The Morgan fingerprint density at radius 1 is 1.20 bits per heavy atom. The molecule has 0 saturated carbocycles. The quantitative estimate of drug-likeness (QED) is 0.802. The first kappa shape index (κ1) is 15.2. The van der Waals surface area contributed by atoms with Gasteiger partial charge in [-0.1, -0.05) is 26.0 Å². The minimum absolute atomic E-state index is 0.0251. The SMILES string of the molecule is Cc1ccc(C(=O)C(C)C)cc1S(=O)(=O)N1CCCC1. The third-order valence-electron chi connectivity index (χ3n) is 3.68. The largest absolute Gasteiger partial charge is 0.294 e. The van der Waals surface area contributed by atoms with E-state index in [9.17, 15) is 13.2 Å². The number of nitrogens with zero attached hydrogens (tertiary/aromatic N) is 1. The highest BCUT2D eigenvalue weighted by Gasteiger charge is 2.29. The Kier molecular flexibility index (Phi) is 4.30. The molecule has 20 heavy (non-hydrogen) atoms. The molecule has 0 aliphatic carbocycles. The van der Waals surface area contributed by atoms with Crippen molar-refractivity contribution in [3.8, 4) is 0 Å². The molecule has 1 fully saturated rings. The van der Waals surface area contributed by atoms with Crippen molar-refractivity contribution >= 4 is 15.8 Å². The summed E-state index contributed by atoms with van der Waals surface area (Å²) in [5.74, 6) is -0.164. The molecule has 5 heteroatoms. The number of hydrogen-bond acceptors (Lipinski definition) is 3. The van der Waals surface area contributed by atoms with E-state index >= 15 is 0 Å². The van der Waals surface area contributed by atoms with Gasteiger partial charge >= 0.3 is 0 Å². The van der Waals surface area contributed by atoms with Gasteiger partial charge < -0.3 is 0 Å². The lowest BCUT2D eigenvalue weighted by atomic mass is 10.0. The van der Waals surface area contributed by atoms with E-state index in [1.165, 1.54) is 10.4 Å². The van der Waals surface area contributed by atoms with Gasteiger partial charge in [0.1, 0.15) is 0 Å². The molecule has 1 aromatic carbocycles. The van der Waals surface area contributed by atoms with Gasteiger partial charge in [0.15, 0.2) is 5.78 Å². The molecule has 1 saturated heterocycles. The highest BCUT2D eigenvalue weighted by molar-refractivity contribution is 7.89. The molecule has 110 valence electrons.